The van der Waals surface area contributed by atoms with Gasteiger partial charge < -0.3 is 14.2 Å². The molecule has 0 bridgehead atoms. The largest absolute Gasteiger partial charge is 0.573 e. The normalized spacial score (nSPS) is 17.5. The van der Waals surface area contributed by atoms with Crippen LogP contribution in [0.15, 0.2) is 48.5 Å². The summed E-state index contributed by atoms with van der Waals surface area (Å²) in [5.74, 6) is -0.385. The minimum Gasteiger partial charge on any atom is -0.489 e. The maximum atomic E-state index is 13.6. The molecular formula is C22H22Cl2F6N2O4. The molecule has 1 unspecified atom stereocenters. The quantitative estimate of drug-likeness (QED) is 0.381. The number of carbonyl (C=O) groups excluding carboxylic acids is 1. The van der Waals surface area contributed by atoms with Crippen molar-refractivity contribution in [2.45, 2.75) is 37.6 Å². The van der Waals surface area contributed by atoms with E-state index in [2.05, 4.69) is 14.8 Å². The first-order valence-corrected chi connectivity index (χ1v) is 10.8. The number of hydrogen-bond acceptors (Lipinski definition) is 5. The van der Waals surface area contributed by atoms with Gasteiger partial charge in [0.15, 0.2) is 0 Å². The Labute approximate surface area is 213 Å². The number of benzene rings is 2. The standard InChI is InChI=1S/C22H21ClF6N2O4.ClH/c23-14-6-8-15(9-7-14)30-20(32)34-19(21(24,25)26)13-31-10-2-5-18(12-31)33-16-3-1-4-17(11-16)35-22(27,28)29;/h1,3-4,6-9,11,18-19H,2,5,10,12-13H2,(H,30,32);1H/t18?,19-;/m0./s1. The number of likely N-dealkylation sites (tertiary alicyclic amines) is 1. The molecule has 0 spiro atoms. The fraction of sp³-hybridized carbons (Fsp3) is 0.409. The number of amides is 1. The molecule has 0 radical (unpaired) electrons. The van der Waals surface area contributed by atoms with Gasteiger partial charge in [0.1, 0.15) is 17.6 Å². The van der Waals surface area contributed by atoms with E-state index in [1.807, 2.05) is 0 Å². The second-order valence-electron chi connectivity index (χ2n) is 7.73. The lowest BCUT2D eigenvalue weighted by atomic mass is 10.1. The van der Waals surface area contributed by atoms with Crippen molar-refractivity contribution in [3.05, 3.63) is 53.6 Å². The zero-order valence-corrected chi connectivity index (χ0v) is 20.0. The molecule has 1 aliphatic heterocycles. The number of piperidine rings is 1. The van der Waals surface area contributed by atoms with Gasteiger partial charge in [0.05, 0.1) is 0 Å². The maximum absolute atomic E-state index is 13.6. The molecule has 1 aliphatic rings. The number of rotatable bonds is 7. The second-order valence-corrected chi connectivity index (χ2v) is 8.17. The zero-order chi connectivity index (χ0) is 25.6. The van der Waals surface area contributed by atoms with Crippen LogP contribution in [0.2, 0.25) is 5.02 Å². The summed E-state index contributed by atoms with van der Waals surface area (Å²) in [6.07, 6.45) is -13.0. The molecule has 1 fully saturated rings. The molecule has 0 aromatic heterocycles. The fourth-order valence-electron chi connectivity index (χ4n) is 3.46. The van der Waals surface area contributed by atoms with Gasteiger partial charge in [-0.05, 0) is 55.8 Å². The van der Waals surface area contributed by atoms with Gasteiger partial charge in [0.25, 0.3) is 0 Å². The minimum absolute atomic E-state index is 0. The van der Waals surface area contributed by atoms with Crippen molar-refractivity contribution in [2.75, 3.05) is 25.0 Å². The van der Waals surface area contributed by atoms with Gasteiger partial charge in [-0.2, -0.15) is 13.2 Å². The maximum Gasteiger partial charge on any atom is 0.573 e. The molecule has 14 heteroatoms. The molecule has 6 nitrogen and oxygen atoms in total. The van der Waals surface area contributed by atoms with Crippen LogP contribution >= 0.6 is 24.0 Å². The van der Waals surface area contributed by atoms with Gasteiger partial charge in [0.2, 0.25) is 6.10 Å². The van der Waals surface area contributed by atoms with Crippen LogP contribution in [0.5, 0.6) is 11.5 Å². The monoisotopic (exact) mass is 562 g/mol. The second kappa shape index (κ2) is 12.6. The Hall–Kier alpha value is -2.57. The van der Waals surface area contributed by atoms with E-state index in [9.17, 15) is 31.1 Å². The lowest BCUT2D eigenvalue weighted by Gasteiger charge is -2.35. The first kappa shape index (κ1) is 29.7. The molecular weight excluding hydrogens is 541 g/mol. The molecule has 1 saturated heterocycles. The number of halogens is 8. The van der Waals surface area contributed by atoms with Gasteiger partial charge in [-0.25, -0.2) is 4.79 Å². The topological polar surface area (TPSA) is 60.0 Å². The molecule has 200 valence electrons. The van der Waals surface area contributed by atoms with Crippen molar-refractivity contribution >= 4 is 35.8 Å². The van der Waals surface area contributed by atoms with Crippen molar-refractivity contribution in [3.8, 4) is 11.5 Å². The van der Waals surface area contributed by atoms with E-state index in [0.717, 1.165) is 12.1 Å². The summed E-state index contributed by atoms with van der Waals surface area (Å²) in [4.78, 5) is 13.5. The highest BCUT2D eigenvalue weighted by molar-refractivity contribution is 6.30. The summed E-state index contributed by atoms with van der Waals surface area (Å²) in [6.45, 7) is -0.278. The summed E-state index contributed by atoms with van der Waals surface area (Å²) in [7, 11) is 0. The van der Waals surface area contributed by atoms with Gasteiger partial charge in [0, 0.05) is 29.9 Å². The molecule has 3 rings (SSSR count). The predicted octanol–water partition coefficient (Wildman–Crippen LogP) is 6.68. The van der Waals surface area contributed by atoms with Crippen molar-refractivity contribution in [3.63, 3.8) is 0 Å². The Morgan fingerprint density at radius 2 is 1.75 bits per heavy atom. The van der Waals surface area contributed by atoms with Gasteiger partial charge >= 0.3 is 18.6 Å². The molecule has 0 aliphatic carbocycles. The van der Waals surface area contributed by atoms with Crippen molar-refractivity contribution in [1.82, 2.24) is 4.90 Å². The molecule has 36 heavy (non-hydrogen) atoms. The Morgan fingerprint density at radius 3 is 2.39 bits per heavy atom. The summed E-state index contributed by atoms with van der Waals surface area (Å²) >= 11 is 5.74. The van der Waals surface area contributed by atoms with Crippen molar-refractivity contribution in [2.24, 2.45) is 0 Å². The molecule has 2 aromatic carbocycles. The highest BCUT2D eigenvalue weighted by Gasteiger charge is 2.44. The van der Waals surface area contributed by atoms with Gasteiger partial charge in [-0.3, -0.25) is 10.2 Å². The van der Waals surface area contributed by atoms with Crippen LogP contribution in [0.3, 0.4) is 0 Å². The summed E-state index contributed by atoms with van der Waals surface area (Å²) in [6, 6.07) is 10.6. The summed E-state index contributed by atoms with van der Waals surface area (Å²) in [5.41, 5.74) is 0.212. The minimum atomic E-state index is -4.87. The number of anilines is 1. The average molecular weight is 563 g/mol. The predicted molar refractivity (Wildman–Crippen MR) is 122 cm³/mol. The molecule has 1 N–H and O–H groups in total. The number of hydrogen-bond donors (Lipinski definition) is 1. The summed E-state index contributed by atoms with van der Waals surface area (Å²) in [5, 5.41) is 2.60. The third kappa shape index (κ3) is 9.82. The lowest BCUT2D eigenvalue weighted by Crippen LogP contribution is -2.49. The van der Waals surface area contributed by atoms with Crippen LogP contribution in [-0.4, -0.2) is 55.4 Å². The van der Waals surface area contributed by atoms with E-state index in [1.165, 1.54) is 41.3 Å². The van der Waals surface area contributed by atoms with Crippen LogP contribution in [0.25, 0.3) is 0 Å². The third-order valence-electron chi connectivity index (χ3n) is 4.93. The Balaban J connectivity index is 0.00000456. The highest BCUT2D eigenvalue weighted by atomic mass is 35.5. The van der Waals surface area contributed by atoms with Crippen LogP contribution in [0.4, 0.5) is 36.8 Å². The molecule has 1 heterocycles. The number of nitrogens with zero attached hydrogens (tertiary/aromatic N) is 1. The van der Waals surface area contributed by atoms with E-state index in [-0.39, 0.29) is 30.4 Å². The first-order chi connectivity index (χ1) is 16.4. The number of carbonyl (C=O) groups is 1. The van der Waals surface area contributed by atoms with Crippen LogP contribution in [0.1, 0.15) is 12.8 Å². The fourth-order valence-corrected chi connectivity index (χ4v) is 3.59. The third-order valence-corrected chi connectivity index (χ3v) is 5.19. The Kier molecular flexibility index (Phi) is 10.4. The SMILES string of the molecule is Cl.O=C(Nc1ccc(Cl)cc1)O[C@@H](CN1CCCC(Oc2cccc(OC(F)(F)F)c2)C1)C(F)(F)F. The van der Waals surface area contributed by atoms with E-state index < -0.39 is 43.1 Å². The number of alkyl halides is 6. The smallest absolute Gasteiger partial charge is 0.489 e. The Morgan fingerprint density at radius 1 is 1.08 bits per heavy atom. The number of nitrogens with one attached hydrogen (secondary N) is 1. The van der Waals surface area contributed by atoms with Crippen molar-refractivity contribution < 1.29 is 45.3 Å². The van der Waals surface area contributed by atoms with Gasteiger partial charge in [-0.15, -0.1) is 25.6 Å². The Bertz CT molecular complexity index is 992. The zero-order valence-electron chi connectivity index (χ0n) is 18.4. The van der Waals surface area contributed by atoms with Crippen LogP contribution < -0.4 is 14.8 Å². The van der Waals surface area contributed by atoms with E-state index >= 15 is 0 Å². The van der Waals surface area contributed by atoms with Crippen LogP contribution in [0, 0.1) is 0 Å². The highest BCUT2D eigenvalue weighted by Crippen LogP contribution is 2.29. The molecule has 2 atom stereocenters. The van der Waals surface area contributed by atoms with E-state index in [4.69, 9.17) is 16.3 Å². The van der Waals surface area contributed by atoms with Crippen molar-refractivity contribution in [1.29, 1.82) is 0 Å². The van der Waals surface area contributed by atoms with Crippen LogP contribution in [-0.2, 0) is 4.74 Å². The lowest BCUT2D eigenvalue weighted by molar-refractivity contribution is -0.274. The average Bonchev–Trinajstić information content (AvgIpc) is 2.74. The molecule has 2 aromatic rings. The number of ether oxygens (including phenoxy) is 3. The van der Waals surface area contributed by atoms with Gasteiger partial charge in [-0.1, -0.05) is 17.7 Å². The summed E-state index contributed by atoms with van der Waals surface area (Å²) < 4.78 is 92.1. The first-order valence-electron chi connectivity index (χ1n) is 10.4. The molecule has 1 amide bonds. The molecule has 0 saturated carbocycles. The van der Waals surface area contributed by atoms with E-state index in [0.29, 0.717) is 24.4 Å². The van der Waals surface area contributed by atoms with E-state index in [1.54, 1.807) is 0 Å².